The van der Waals surface area contributed by atoms with E-state index in [-0.39, 0.29) is 5.69 Å². The molecule has 1 heterocycles. The Kier molecular flexibility index (Phi) is 3.23. The summed E-state index contributed by atoms with van der Waals surface area (Å²) in [6.07, 6.45) is 0. The summed E-state index contributed by atoms with van der Waals surface area (Å²) in [6.45, 7) is 2.47. The number of benzene rings is 1. The first-order chi connectivity index (χ1) is 8.13. The van der Waals surface area contributed by atoms with Crippen LogP contribution in [0.2, 0.25) is 0 Å². The van der Waals surface area contributed by atoms with Gasteiger partial charge >= 0.3 is 5.97 Å². The van der Waals surface area contributed by atoms with Crippen molar-refractivity contribution in [3.63, 3.8) is 0 Å². The molecule has 2 rings (SSSR count). The third-order valence-electron chi connectivity index (χ3n) is 2.35. The van der Waals surface area contributed by atoms with Crippen LogP contribution in [0, 0.1) is 0 Å². The lowest BCUT2D eigenvalue weighted by Gasteiger charge is -2.04. The predicted molar refractivity (Wildman–Crippen MR) is 65.8 cm³/mol. The van der Waals surface area contributed by atoms with E-state index >= 15 is 0 Å². The van der Waals surface area contributed by atoms with Gasteiger partial charge in [-0.2, -0.15) is 0 Å². The number of hydrogen-bond donors (Lipinski definition) is 1. The Balaban J connectivity index is 2.59. The first kappa shape index (κ1) is 11.8. The highest BCUT2D eigenvalue weighted by Crippen LogP contribution is 2.24. The van der Waals surface area contributed by atoms with E-state index in [2.05, 4.69) is 26.2 Å². The Bertz CT molecular complexity index is 548. The lowest BCUT2D eigenvalue weighted by atomic mass is 10.1. The lowest BCUT2D eigenvalue weighted by molar-refractivity contribution is 0.0691. The molecule has 1 N–H and O–H groups in total. The fourth-order valence-corrected chi connectivity index (χ4v) is 1.84. The van der Waals surface area contributed by atoms with Gasteiger partial charge in [-0.05, 0) is 19.1 Å². The molecule has 2 aromatic rings. The van der Waals surface area contributed by atoms with E-state index in [0.29, 0.717) is 12.2 Å². The second kappa shape index (κ2) is 4.67. The summed E-state index contributed by atoms with van der Waals surface area (Å²) in [4.78, 5) is 11.1. The maximum Gasteiger partial charge on any atom is 0.358 e. The summed E-state index contributed by atoms with van der Waals surface area (Å²) in [5.41, 5.74) is 1.30. The van der Waals surface area contributed by atoms with Crippen molar-refractivity contribution in [2.24, 2.45) is 0 Å². The Morgan fingerprint density at radius 2 is 2.06 bits per heavy atom. The van der Waals surface area contributed by atoms with Crippen LogP contribution in [0.3, 0.4) is 0 Å². The third-order valence-corrected chi connectivity index (χ3v) is 2.88. The van der Waals surface area contributed by atoms with E-state index in [1.165, 1.54) is 0 Å². The summed E-state index contributed by atoms with van der Waals surface area (Å²) >= 11 is 3.34. The van der Waals surface area contributed by atoms with Gasteiger partial charge in [-0.3, -0.25) is 0 Å². The second-order valence-corrected chi connectivity index (χ2v) is 4.33. The smallest absolute Gasteiger partial charge is 0.358 e. The highest BCUT2D eigenvalue weighted by atomic mass is 79.9. The van der Waals surface area contributed by atoms with Gasteiger partial charge in [-0.1, -0.05) is 33.3 Å². The van der Waals surface area contributed by atoms with E-state index in [9.17, 15) is 4.79 Å². The van der Waals surface area contributed by atoms with Gasteiger partial charge in [0, 0.05) is 16.6 Å². The highest BCUT2D eigenvalue weighted by Gasteiger charge is 2.19. The molecule has 0 aliphatic carbocycles. The maximum atomic E-state index is 11.1. The minimum absolute atomic E-state index is 0.0193. The number of carboxylic acids is 1. The minimum atomic E-state index is -1.07. The van der Waals surface area contributed by atoms with Crippen molar-refractivity contribution >= 4 is 21.9 Å². The molecule has 0 amide bonds. The molecule has 0 fully saturated rings. The molecule has 0 bridgehead atoms. The number of aryl methyl sites for hydroxylation is 1. The number of aromatic carboxylic acids is 1. The Morgan fingerprint density at radius 3 is 2.59 bits per heavy atom. The number of aromatic nitrogens is 3. The van der Waals surface area contributed by atoms with Gasteiger partial charge < -0.3 is 5.11 Å². The molecular weight excluding hydrogens is 286 g/mol. The predicted octanol–water partition coefficient (Wildman–Crippen LogP) is 2.43. The number of hydrogen-bond acceptors (Lipinski definition) is 3. The summed E-state index contributed by atoms with van der Waals surface area (Å²) < 4.78 is 2.51. The number of halogens is 1. The molecule has 0 radical (unpaired) electrons. The molecule has 0 spiro atoms. The third kappa shape index (κ3) is 2.21. The Labute approximate surface area is 106 Å². The summed E-state index contributed by atoms with van der Waals surface area (Å²) in [5.74, 6) is -1.07. The molecule has 88 valence electrons. The van der Waals surface area contributed by atoms with Crippen LogP contribution in [-0.2, 0) is 6.54 Å². The monoisotopic (exact) mass is 295 g/mol. The van der Waals surface area contributed by atoms with Crippen LogP contribution in [0.5, 0.6) is 0 Å². The number of carbonyl (C=O) groups is 1. The fourth-order valence-electron chi connectivity index (χ4n) is 1.57. The Hall–Kier alpha value is -1.69. The van der Waals surface area contributed by atoms with Gasteiger partial charge in [-0.15, -0.1) is 5.10 Å². The molecule has 0 aliphatic heterocycles. The molecule has 0 unspecified atom stereocenters. The van der Waals surface area contributed by atoms with Crippen molar-refractivity contribution in [1.82, 2.24) is 15.0 Å². The van der Waals surface area contributed by atoms with Crippen LogP contribution in [0.15, 0.2) is 28.7 Å². The van der Waals surface area contributed by atoms with Gasteiger partial charge in [0.2, 0.25) is 0 Å². The molecule has 0 atom stereocenters. The number of carboxylic acid groups (broad SMARTS) is 1. The standard InChI is InChI=1S/C11H10BrN3O2/c1-2-15-10(9(11(16)17)13-14-15)7-3-5-8(12)6-4-7/h3-6H,2H2,1H3,(H,16,17). The molecule has 0 saturated carbocycles. The van der Waals surface area contributed by atoms with Gasteiger partial charge in [0.1, 0.15) is 5.69 Å². The fraction of sp³-hybridized carbons (Fsp3) is 0.182. The van der Waals surface area contributed by atoms with Gasteiger partial charge in [-0.25, -0.2) is 9.48 Å². The summed E-state index contributed by atoms with van der Waals surface area (Å²) in [6, 6.07) is 7.38. The molecule has 6 heteroatoms. The first-order valence-corrected chi connectivity index (χ1v) is 5.85. The number of rotatable bonds is 3. The van der Waals surface area contributed by atoms with Crippen molar-refractivity contribution in [3.8, 4) is 11.3 Å². The molecule has 1 aromatic carbocycles. The molecule has 0 aliphatic rings. The first-order valence-electron chi connectivity index (χ1n) is 5.06. The largest absolute Gasteiger partial charge is 0.476 e. The van der Waals surface area contributed by atoms with E-state index in [1.807, 2.05) is 31.2 Å². The second-order valence-electron chi connectivity index (χ2n) is 3.41. The van der Waals surface area contributed by atoms with Crippen LogP contribution in [0.1, 0.15) is 17.4 Å². The quantitative estimate of drug-likeness (QED) is 0.944. The van der Waals surface area contributed by atoms with E-state index in [4.69, 9.17) is 5.11 Å². The zero-order valence-electron chi connectivity index (χ0n) is 9.09. The van der Waals surface area contributed by atoms with Crippen molar-refractivity contribution in [2.45, 2.75) is 13.5 Å². The van der Waals surface area contributed by atoms with E-state index in [1.54, 1.807) is 4.68 Å². The molecule has 1 aromatic heterocycles. The van der Waals surface area contributed by atoms with Gasteiger partial charge in [0.25, 0.3) is 0 Å². The Morgan fingerprint density at radius 1 is 1.41 bits per heavy atom. The molecule has 5 nitrogen and oxygen atoms in total. The zero-order valence-corrected chi connectivity index (χ0v) is 10.7. The van der Waals surface area contributed by atoms with Crippen LogP contribution < -0.4 is 0 Å². The normalized spacial score (nSPS) is 10.5. The lowest BCUT2D eigenvalue weighted by Crippen LogP contribution is -2.03. The summed E-state index contributed by atoms with van der Waals surface area (Å²) in [7, 11) is 0. The highest BCUT2D eigenvalue weighted by molar-refractivity contribution is 9.10. The van der Waals surface area contributed by atoms with Crippen molar-refractivity contribution in [1.29, 1.82) is 0 Å². The van der Waals surface area contributed by atoms with Crippen molar-refractivity contribution < 1.29 is 9.90 Å². The number of nitrogens with zero attached hydrogens (tertiary/aromatic N) is 3. The van der Waals surface area contributed by atoms with Crippen LogP contribution in [0.4, 0.5) is 0 Å². The molecular formula is C11H10BrN3O2. The molecule has 17 heavy (non-hydrogen) atoms. The summed E-state index contributed by atoms with van der Waals surface area (Å²) in [5, 5.41) is 16.6. The van der Waals surface area contributed by atoms with Crippen molar-refractivity contribution in [3.05, 3.63) is 34.4 Å². The zero-order chi connectivity index (χ0) is 12.4. The van der Waals surface area contributed by atoms with Crippen LogP contribution in [-0.4, -0.2) is 26.1 Å². The van der Waals surface area contributed by atoms with Crippen LogP contribution in [0.25, 0.3) is 11.3 Å². The van der Waals surface area contributed by atoms with E-state index in [0.717, 1.165) is 10.0 Å². The average molecular weight is 296 g/mol. The minimum Gasteiger partial charge on any atom is -0.476 e. The van der Waals surface area contributed by atoms with E-state index < -0.39 is 5.97 Å². The maximum absolute atomic E-state index is 11.1. The van der Waals surface area contributed by atoms with Gasteiger partial charge in [0.05, 0.1) is 0 Å². The topological polar surface area (TPSA) is 68.0 Å². The SMILES string of the molecule is CCn1nnc(C(=O)O)c1-c1ccc(Br)cc1. The van der Waals surface area contributed by atoms with Crippen LogP contribution >= 0.6 is 15.9 Å². The van der Waals surface area contributed by atoms with Crippen molar-refractivity contribution in [2.75, 3.05) is 0 Å². The van der Waals surface area contributed by atoms with Gasteiger partial charge in [0.15, 0.2) is 5.69 Å². The molecule has 0 saturated heterocycles. The average Bonchev–Trinajstić information content (AvgIpc) is 2.73.